The van der Waals surface area contributed by atoms with Gasteiger partial charge < -0.3 is 4.74 Å². The van der Waals surface area contributed by atoms with Crippen molar-refractivity contribution in [3.8, 4) is 0 Å². The van der Waals surface area contributed by atoms with Crippen LogP contribution in [0.3, 0.4) is 0 Å². The van der Waals surface area contributed by atoms with Gasteiger partial charge in [-0.25, -0.2) is 9.97 Å². The van der Waals surface area contributed by atoms with Gasteiger partial charge in [-0.1, -0.05) is 11.8 Å². The predicted molar refractivity (Wildman–Crippen MR) is 83.4 cm³/mol. The third kappa shape index (κ3) is 4.68. The van der Waals surface area contributed by atoms with Crippen LogP contribution in [0.5, 0.6) is 0 Å². The van der Waals surface area contributed by atoms with Crippen LogP contribution in [-0.4, -0.2) is 40.4 Å². The molecule has 1 aliphatic carbocycles. The topological polar surface area (TPSA) is 64.1 Å². The van der Waals surface area contributed by atoms with E-state index in [0.717, 1.165) is 35.1 Å². The Morgan fingerprint density at radius 2 is 2.05 bits per heavy atom. The molecule has 0 spiro atoms. The monoisotopic (exact) mass is 309 g/mol. The molecule has 116 valence electrons. The zero-order chi connectivity index (χ0) is 15.5. The second-order valence-electron chi connectivity index (χ2n) is 5.77. The molecule has 1 N–H and O–H groups in total. The third-order valence-corrected chi connectivity index (χ3v) is 4.38. The highest BCUT2D eigenvalue weighted by Crippen LogP contribution is 2.27. The fourth-order valence-electron chi connectivity index (χ4n) is 2.24. The smallest absolute Gasteiger partial charge is 0.325 e. The van der Waals surface area contributed by atoms with Gasteiger partial charge in [0.15, 0.2) is 5.16 Å². The summed E-state index contributed by atoms with van der Waals surface area (Å²) in [7, 11) is 1.44. The molecule has 21 heavy (non-hydrogen) atoms. The van der Waals surface area contributed by atoms with Crippen molar-refractivity contribution >= 4 is 17.7 Å². The summed E-state index contributed by atoms with van der Waals surface area (Å²) in [6, 6.07) is 2.41. The molecule has 2 rings (SSSR count). The SMILES string of the molecule is COC(=O)C(C)(CCSc1nc(C)cc(C)n1)NC1CC1. The Bertz CT molecular complexity index is 499. The maximum Gasteiger partial charge on any atom is 0.325 e. The fraction of sp³-hybridized carbons (Fsp3) is 0.667. The zero-order valence-electron chi connectivity index (χ0n) is 13.1. The van der Waals surface area contributed by atoms with E-state index in [0.29, 0.717) is 12.5 Å². The van der Waals surface area contributed by atoms with Crippen molar-refractivity contribution in [2.24, 2.45) is 0 Å². The Balaban J connectivity index is 1.93. The van der Waals surface area contributed by atoms with Crippen molar-refractivity contribution in [1.82, 2.24) is 15.3 Å². The molecule has 1 unspecified atom stereocenters. The Morgan fingerprint density at radius 3 is 2.57 bits per heavy atom. The van der Waals surface area contributed by atoms with E-state index in [4.69, 9.17) is 4.74 Å². The second kappa shape index (κ2) is 6.75. The Kier molecular flexibility index (Phi) is 5.22. The summed E-state index contributed by atoms with van der Waals surface area (Å²) < 4.78 is 4.94. The number of rotatable bonds is 7. The number of aromatic nitrogens is 2. The minimum atomic E-state index is -0.623. The maximum absolute atomic E-state index is 12.0. The van der Waals surface area contributed by atoms with E-state index in [9.17, 15) is 4.79 Å². The molecule has 0 radical (unpaired) electrons. The normalized spacial score (nSPS) is 17.3. The van der Waals surface area contributed by atoms with E-state index in [1.54, 1.807) is 11.8 Å². The molecule has 1 heterocycles. The molecule has 0 aromatic carbocycles. The van der Waals surface area contributed by atoms with Crippen LogP contribution in [0.2, 0.25) is 0 Å². The highest BCUT2D eigenvalue weighted by Gasteiger charge is 2.39. The number of carbonyl (C=O) groups is 1. The van der Waals surface area contributed by atoms with Gasteiger partial charge in [-0.3, -0.25) is 10.1 Å². The minimum absolute atomic E-state index is 0.198. The highest BCUT2D eigenvalue weighted by molar-refractivity contribution is 7.99. The molecule has 5 nitrogen and oxygen atoms in total. The van der Waals surface area contributed by atoms with Crippen molar-refractivity contribution < 1.29 is 9.53 Å². The van der Waals surface area contributed by atoms with Crippen LogP contribution in [0, 0.1) is 13.8 Å². The summed E-state index contributed by atoms with van der Waals surface area (Å²) in [5.74, 6) is 0.574. The largest absolute Gasteiger partial charge is 0.468 e. The first-order valence-corrected chi connectivity index (χ1v) is 8.23. The van der Waals surface area contributed by atoms with E-state index in [-0.39, 0.29) is 5.97 Å². The maximum atomic E-state index is 12.0. The summed E-state index contributed by atoms with van der Waals surface area (Å²) >= 11 is 1.58. The lowest BCUT2D eigenvalue weighted by Crippen LogP contribution is -2.51. The first-order valence-electron chi connectivity index (χ1n) is 7.24. The van der Waals surface area contributed by atoms with Crippen molar-refractivity contribution in [3.63, 3.8) is 0 Å². The molecule has 0 saturated heterocycles. The summed E-state index contributed by atoms with van der Waals surface area (Å²) in [6.07, 6.45) is 2.97. The molecule has 1 fully saturated rings. The Labute approximate surface area is 130 Å². The molecule has 1 saturated carbocycles. The van der Waals surface area contributed by atoms with Crippen molar-refractivity contribution in [3.05, 3.63) is 17.5 Å². The number of hydrogen-bond acceptors (Lipinski definition) is 6. The summed E-state index contributed by atoms with van der Waals surface area (Å²) in [4.78, 5) is 20.8. The van der Waals surface area contributed by atoms with Crippen LogP contribution in [-0.2, 0) is 9.53 Å². The molecule has 6 heteroatoms. The van der Waals surface area contributed by atoms with Crippen LogP contribution in [0.15, 0.2) is 11.2 Å². The quantitative estimate of drug-likeness (QED) is 0.473. The molecule has 0 bridgehead atoms. The van der Waals surface area contributed by atoms with Gasteiger partial charge in [0.2, 0.25) is 0 Å². The fourth-order valence-corrected chi connectivity index (χ4v) is 3.35. The first-order chi connectivity index (χ1) is 9.93. The van der Waals surface area contributed by atoms with Crippen molar-refractivity contribution in [2.75, 3.05) is 12.9 Å². The Hall–Kier alpha value is -1.14. The average molecular weight is 309 g/mol. The van der Waals surface area contributed by atoms with Crippen LogP contribution in [0.1, 0.15) is 37.6 Å². The van der Waals surface area contributed by atoms with Gasteiger partial charge >= 0.3 is 5.97 Å². The zero-order valence-corrected chi connectivity index (χ0v) is 13.9. The van der Waals surface area contributed by atoms with E-state index in [1.165, 1.54) is 7.11 Å². The van der Waals surface area contributed by atoms with Crippen LogP contribution in [0.25, 0.3) is 0 Å². The number of nitrogens with one attached hydrogen (secondary N) is 1. The highest BCUT2D eigenvalue weighted by atomic mass is 32.2. The standard InChI is InChI=1S/C15H23N3O2S/c1-10-9-11(2)17-14(16-10)21-8-7-15(3,13(19)20-4)18-12-5-6-12/h9,12,18H,5-8H2,1-4H3. The van der Waals surface area contributed by atoms with Gasteiger partial charge in [0.1, 0.15) is 5.54 Å². The van der Waals surface area contributed by atoms with Crippen LogP contribution >= 0.6 is 11.8 Å². The summed E-state index contributed by atoms with van der Waals surface area (Å²) in [5.41, 5.74) is 1.32. The molecule has 1 aromatic heterocycles. The predicted octanol–water partition coefficient (Wildman–Crippen LogP) is 2.26. The van der Waals surface area contributed by atoms with Gasteiger partial charge in [-0.05, 0) is 46.1 Å². The summed E-state index contributed by atoms with van der Waals surface area (Å²) in [5, 5.41) is 4.17. The van der Waals surface area contributed by atoms with Gasteiger partial charge in [-0.15, -0.1) is 0 Å². The van der Waals surface area contributed by atoms with Gasteiger partial charge in [0.25, 0.3) is 0 Å². The van der Waals surface area contributed by atoms with Gasteiger partial charge in [0.05, 0.1) is 7.11 Å². The number of hydrogen-bond donors (Lipinski definition) is 1. The van der Waals surface area contributed by atoms with Crippen LogP contribution < -0.4 is 5.32 Å². The van der Waals surface area contributed by atoms with E-state index in [2.05, 4.69) is 15.3 Å². The van der Waals surface area contributed by atoms with Crippen molar-refractivity contribution in [1.29, 1.82) is 0 Å². The summed E-state index contributed by atoms with van der Waals surface area (Å²) in [6.45, 7) is 5.85. The molecule has 1 atom stereocenters. The molecule has 0 amide bonds. The molecular weight excluding hydrogens is 286 g/mol. The lowest BCUT2D eigenvalue weighted by Gasteiger charge is -2.27. The lowest BCUT2D eigenvalue weighted by molar-refractivity contribution is -0.148. The molecule has 0 aliphatic heterocycles. The lowest BCUT2D eigenvalue weighted by atomic mass is 9.99. The number of methoxy groups -OCH3 is 1. The number of thioether (sulfide) groups is 1. The Morgan fingerprint density at radius 1 is 1.43 bits per heavy atom. The average Bonchev–Trinajstić information content (AvgIpc) is 3.20. The first kappa shape index (κ1) is 16.2. The molecule has 1 aliphatic rings. The number of esters is 1. The van der Waals surface area contributed by atoms with Crippen molar-refractivity contribution in [2.45, 2.75) is 56.8 Å². The number of ether oxygens (including phenoxy) is 1. The molecular formula is C15H23N3O2S. The van der Waals surface area contributed by atoms with Gasteiger partial charge in [-0.2, -0.15) is 0 Å². The van der Waals surface area contributed by atoms with Crippen LogP contribution in [0.4, 0.5) is 0 Å². The number of carbonyl (C=O) groups excluding carboxylic acids is 1. The van der Waals surface area contributed by atoms with E-state index >= 15 is 0 Å². The van der Waals surface area contributed by atoms with E-state index in [1.807, 2.05) is 26.8 Å². The van der Waals surface area contributed by atoms with Gasteiger partial charge in [0, 0.05) is 23.2 Å². The minimum Gasteiger partial charge on any atom is -0.468 e. The second-order valence-corrected chi connectivity index (χ2v) is 6.84. The van der Waals surface area contributed by atoms with E-state index < -0.39 is 5.54 Å². The number of nitrogens with zero attached hydrogens (tertiary/aromatic N) is 2. The number of aryl methyl sites for hydroxylation is 2. The third-order valence-electron chi connectivity index (χ3n) is 3.53. The molecule has 1 aromatic rings.